The van der Waals surface area contributed by atoms with Crippen molar-refractivity contribution in [3.05, 3.63) is 209 Å². The number of hydrogen-bond donors (Lipinski definition) is 0. The number of esters is 6. The highest BCUT2D eigenvalue weighted by Gasteiger charge is 2.58. The lowest BCUT2D eigenvalue weighted by Gasteiger charge is -2.48. The second-order valence-corrected chi connectivity index (χ2v) is 25.8. The Labute approximate surface area is 466 Å². The van der Waals surface area contributed by atoms with Crippen molar-refractivity contribution in [3.63, 3.8) is 0 Å². The van der Waals surface area contributed by atoms with Crippen molar-refractivity contribution < 1.29 is 80.9 Å². The Balaban J connectivity index is 1.27. The molecule has 0 aromatic heterocycles. The molecule has 10 atom stereocenters. The van der Waals surface area contributed by atoms with Gasteiger partial charge in [-0.05, 0) is 91.0 Å². The number of rotatable bonds is 21. The van der Waals surface area contributed by atoms with Crippen LogP contribution in [0.15, 0.2) is 176 Å². The molecule has 17 nitrogen and oxygen atoms in total. The van der Waals surface area contributed by atoms with Gasteiger partial charge in [-0.2, -0.15) is 0 Å². The maximum Gasteiger partial charge on any atom is 0.338 e. The van der Waals surface area contributed by atoms with Crippen LogP contribution in [0.3, 0.4) is 0 Å². The zero-order valence-corrected chi connectivity index (χ0v) is 46.2. The lowest BCUT2D eigenvalue weighted by molar-refractivity contribution is -0.352. The van der Waals surface area contributed by atoms with Crippen LogP contribution in [0.25, 0.3) is 0 Å². The summed E-state index contributed by atoms with van der Waals surface area (Å²) in [6.07, 6.45) is -16.2. The number of benzene rings is 6. The summed E-state index contributed by atoms with van der Waals surface area (Å²) in [4.78, 5) is 85.6. The quantitative estimate of drug-likeness (QED) is 0.0285. The Morgan fingerprint density at radius 2 is 0.785 bits per heavy atom. The molecular weight excluding hydrogens is 1100 g/mol. The summed E-state index contributed by atoms with van der Waals surface area (Å²) in [6.45, 7) is 5.95. The lowest BCUT2D eigenvalue weighted by Crippen LogP contribution is -2.67. The first-order valence-corrected chi connectivity index (χ1v) is 30.3. The van der Waals surface area contributed by atoms with Crippen molar-refractivity contribution in [3.8, 4) is 5.75 Å². The van der Waals surface area contributed by atoms with E-state index >= 15 is 0 Å². The van der Waals surface area contributed by atoms with Crippen LogP contribution in [-0.4, -0.2) is 131 Å². The maximum atomic E-state index is 14.5. The van der Waals surface area contributed by atoms with Crippen LogP contribution in [-0.2, 0) is 47.4 Å². The summed E-state index contributed by atoms with van der Waals surface area (Å²) in [6, 6.07) is 46.8. The highest BCUT2D eigenvalue weighted by molar-refractivity contribution is 9.09. The summed E-state index contributed by atoms with van der Waals surface area (Å²) in [5.74, 6) is -4.74. The molecule has 0 amide bonds. The Bertz CT molecular complexity index is 2970. The van der Waals surface area contributed by atoms with Crippen LogP contribution >= 0.6 is 15.9 Å². The van der Waals surface area contributed by atoms with Gasteiger partial charge in [0, 0.05) is 20.0 Å². The van der Waals surface area contributed by atoms with Gasteiger partial charge in [-0.25, -0.2) is 28.8 Å². The van der Waals surface area contributed by atoms with Crippen LogP contribution in [0.5, 0.6) is 5.75 Å². The van der Waals surface area contributed by atoms with E-state index in [2.05, 4.69) is 35.6 Å². The summed E-state index contributed by atoms with van der Waals surface area (Å²) in [5.41, 5.74) is 0.675. The molecule has 2 aliphatic rings. The van der Waals surface area contributed by atoms with Gasteiger partial charge in [-0.15, -0.1) is 0 Å². The minimum Gasteiger partial charge on any atom is -0.497 e. The second kappa shape index (κ2) is 27.4. The van der Waals surface area contributed by atoms with E-state index in [-0.39, 0.29) is 45.3 Å². The standard InChI is InChI=1S/C60H59BrO17Si/c1-68-44-32-30-43(31-33-44)58(67)73-47-45(36-61)71-60(52(77-57(66)42-28-18-9-19-29-42)49(47)74-54(63)39-22-12-6-13-23-39)78-48-46(37-70-53(62)38-20-10-5-11-21-38)72-59(69-34-35-79(2,3)4)51(76-56(65)41-26-16-8-17-27-41)50(48)75-55(64)40-24-14-7-15-25-40/h5-33,45-52,59-60H,34-37H2,1-4H3/t45-,46-,47+,48-,49+,50+,51-,52-,59-,60+/m1/s1. The summed E-state index contributed by atoms with van der Waals surface area (Å²) in [5, 5.41) is -0.109. The Kier molecular flexibility index (Phi) is 20.0. The topological polar surface area (TPSA) is 204 Å². The van der Waals surface area contributed by atoms with Gasteiger partial charge in [-0.3, -0.25) is 0 Å². The van der Waals surface area contributed by atoms with Crippen LogP contribution in [0.2, 0.25) is 25.7 Å². The van der Waals surface area contributed by atoms with E-state index in [9.17, 15) is 28.8 Å². The summed E-state index contributed by atoms with van der Waals surface area (Å²) in [7, 11) is -0.327. The number of carbonyl (C=O) groups excluding carboxylic acids is 6. The van der Waals surface area contributed by atoms with Gasteiger partial charge < -0.3 is 52.1 Å². The Morgan fingerprint density at radius 1 is 0.430 bits per heavy atom. The fourth-order valence-corrected chi connectivity index (χ4v) is 9.77. The van der Waals surface area contributed by atoms with Crippen molar-refractivity contribution in [2.45, 2.75) is 87.1 Å². The molecule has 412 valence electrons. The predicted molar refractivity (Wildman–Crippen MR) is 292 cm³/mol. The molecule has 2 saturated heterocycles. The minimum absolute atomic E-state index is 0.0661. The van der Waals surface area contributed by atoms with Gasteiger partial charge in [0.1, 0.15) is 30.7 Å². The molecule has 0 spiro atoms. The van der Waals surface area contributed by atoms with Gasteiger partial charge in [0.2, 0.25) is 0 Å². The molecule has 2 aliphatic heterocycles. The van der Waals surface area contributed by atoms with Crippen LogP contribution in [0, 0.1) is 0 Å². The molecule has 6 aromatic rings. The highest BCUT2D eigenvalue weighted by Crippen LogP contribution is 2.37. The van der Waals surface area contributed by atoms with Crippen molar-refractivity contribution in [1.29, 1.82) is 0 Å². The molecule has 0 saturated carbocycles. The number of carbonyl (C=O) groups is 6. The highest BCUT2D eigenvalue weighted by atomic mass is 79.9. The van der Waals surface area contributed by atoms with E-state index < -0.39 is 112 Å². The van der Waals surface area contributed by atoms with E-state index in [1.807, 2.05) is 0 Å². The molecule has 2 fully saturated rings. The van der Waals surface area contributed by atoms with E-state index in [0.29, 0.717) is 11.8 Å². The minimum atomic E-state index is -1.85. The molecule has 0 radical (unpaired) electrons. The van der Waals surface area contributed by atoms with Crippen LogP contribution in [0.4, 0.5) is 0 Å². The third-order valence-corrected chi connectivity index (χ3v) is 15.1. The lowest BCUT2D eigenvalue weighted by atomic mass is 9.96. The zero-order valence-electron chi connectivity index (χ0n) is 43.7. The van der Waals surface area contributed by atoms with Gasteiger partial charge >= 0.3 is 35.8 Å². The van der Waals surface area contributed by atoms with Crippen molar-refractivity contribution >= 4 is 59.8 Å². The fraction of sp³-hybridized carbons (Fsp3) is 0.300. The first kappa shape index (κ1) is 57.6. The number of hydrogen-bond acceptors (Lipinski definition) is 17. The monoisotopic (exact) mass is 1160 g/mol. The average molecular weight is 1160 g/mol. The molecule has 0 unspecified atom stereocenters. The van der Waals surface area contributed by atoms with Crippen molar-refractivity contribution in [2.24, 2.45) is 0 Å². The third kappa shape index (κ3) is 15.4. The van der Waals surface area contributed by atoms with Crippen LogP contribution < -0.4 is 4.74 Å². The van der Waals surface area contributed by atoms with E-state index in [4.69, 9.17) is 52.1 Å². The summed E-state index contributed by atoms with van der Waals surface area (Å²) >= 11 is 3.51. The van der Waals surface area contributed by atoms with Crippen LogP contribution in [0.1, 0.15) is 62.1 Å². The molecule has 0 bridgehead atoms. The molecule has 2 heterocycles. The third-order valence-electron chi connectivity index (χ3n) is 12.7. The molecular formula is C60H59BrO17Si. The second-order valence-electron chi connectivity index (χ2n) is 19.5. The number of ether oxygens (including phenoxy) is 11. The van der Waals surface area contributed by atoms with Crippen molar-refractivity contribution in [2.75, 3.05) is 25.7 Å². The Morgan fingerprint density at radius 3 is 1.19 bits per heavy atom. The largest absolute Gasteiger partial charge is 0.497 e. The van der Waals surface area contributed by atoms with E-state index in [0.717, 1.165) is 0 Å². The first-order chi connectivity index (χ1) is 38.2. The van der Waals surface area contributed by atoms with Gasteiger partial charge in [0.25, 0.3) is 0 Å². The molecule has 8 rings (SSSR count). The maximum absolute atomic E-state index is 14.5. The molecule has 19 heteroatoms. The normalized spacial score (nSPS) is 22.7. The number of alkyl halides is 1. The summed E-state index contributed by atoms with van der Waals surface area (Å²) < 4.78 is 69.8. The smallest absolute Gasteiger partial charge is 0.338 e. The molecule has 0 aliphatic carbocycles. The molecule has 0 N–H and O–H groups in total. The van der Waals surface area contributed by atoms with Gasteiger partial charge in [0.05, 0.1) is 40.5 Å². The van der Waals surface area contributed by atoms with E-state index in [1.165, 1.54) is 67.8 Å². The molecule has 6 aromatic carbocycles. The number of halogens is 1. The van der Waals surface area contributed by atoms with E-state index in [1.54, 1.807) is 115 Å². The first-order valence-electron chi connectivity index (χ1n) is 25.4. The fourth-order valence-electron chi connectivity index (χ4n) is 8.52. The SMILES string of the molecule is COc1ccc(C(=O)O[C@@H]2[C@H](OC(=O)c3ccccc3)[C@@H](OC(=O)c3ccccc3)[C@H](O[C@H]3[C@H](OC(=O)c4ccccc4)[C@@H](OC(=O)c4ccccc4)[C@H](OCC[Si](C)(C)C)O[C@@H]3COC(=O)c3ccccc3)O[C@@H]2CBr)cc1. The predicted octanol–water partition coefficient (Wildman–Crippen LogP) is 9.56. The van der Waals surface area contributed by atoms with Crippen molar-refractivity contribution in [1.82, 2.24) is 0 Å². The van der Waals surface area contributed by atoms with Gasteiger partial charge in [-0.1, -0.05) is 127 Å². The number of methoxy groups -OCH3 is 1. The average Bonchev–Trinajstić information content (AvgIpc) is 3.66. The van der Waals surface area contributed by atoms with Gasteiger partial charge in [0.15, 0.2) is 43.1 Å². The molecule has 79 heavy (non-hydrogen) atoms. The Hall–Kier alpha value is -7.52. The zero-order chi connectivity index (χ0) is 55.9.